The SMILES string of the molecule is CCOC(=O)c1ccc2c(c1)nc(COc1ccccc1-c1ccccc1)n2CC. The summed E-state index contributed by atoms with van der Waals surface area (Å²) in [7, 11) is 0. The van der Waals surface area contributed by atoms with E-state index in [1.54, 1.807) is 19.1 Å². The first-order valence-corrected chi connectivity index (χ1v) is 10.1. The predicted molar refractivity (Wildman–Crippen MR) is 118 cm³/mol. The minimum atomic E-state index is -0.333. The van der Waals surface area contributed by atoms with E-state index in [9.17, 15) is 4.79 Å². The van der Waals surface area contributed by atoms with Crippen LogP contribution >= 0.6 is 0 Å². The monoisotopic (exact) mass is 400 g/mol. The Hall–Kier alpha value is -3.60. The van der Waals surface area contributed by atoms with Crippen molar-refractivity contribution < 1.29 is 14.3 Å². The number of hydrogen-bond acceptors (Lipinski definition) is 4. The second-order valence-corrected chi connectivity index (χ2v) is 6.85. The first-order valence-electron chi connectivity index (χ1n) is 10.1. The summed E-state index contributed by atoms with van der Waals surface area (Å²) in [5.74, 6) is 1.29. The van der Waals surface area contributed by atoms with E-state index in [1.807, 2.05) is 42.5 Å². The highest BCUT2D eigenvalue weighted by Crippen LogP contribution is 2.30. The molecule has 30 heavy (non-hydrogen) atoms. The molecule has 0 N–H and O–H groups in total. The zero-order valence-corrected chi connectivity index (χ0v) is 17.2. The van der Waals surface area contributed by atoms with Crippen molar-refractivity contribution in [3.8, 4) is 16.9 Å². The second kappa shape index (κ2) is 8.82. The number of carbonyl (C=O) groups excluding carboxylic acids is 1. The van der Waals surface area contributed by atoms with Gasteiger partial charge in [-0.3, -0.25) is 0 Å². The zero-order valence-electron chi connectivity index (χ0n) is 17.2. The third-order valence-corrected chi connectivity index (χ3v) is 4.98. The van der Waals surface area contributed by atoms with Crippen LogP contribution in [0, 0.1) is 0 Å². The van der Waals surface area contributed by atoms with Crippen molar-refractivity contribution in [2.45, 2.75) is 27.0 Å². The van der Waals surface area contributed by atoms with Crippen molar-refractivity contribution in [2.24, 2.45) is 0 Å². The van der Waals surface area contributed by atoms with Crippen LogP contribution in [0.3, 0.4) is 0 Å². The molecule has 152 valence electrons. The van der Waals surface area contributed by atoms with Gasteiger partial charge < -0.3 is 14.0 Å². The Labute approximate surface area is 175 Å². The fraction of sp³-hybridized carbons (Fsp3) is 0.200. The number of imidazole rings is 1. The van der Waals surface area contributed by atoms with E-state index in [2.05, 4.69) is 29.7 Å². The molecule has 0 unspecified atom stereocenters. The van der Waals surface area contributed by atoms with E-state index in [-0.39, 0.29) is 5.97 Å². The summed E-state index contributed by atoms with van der Waals surface area (Å²) in [6.07, 6.45) is 0. The summed E-state index contributed by atoms with van der Waals surface area (Å²) in [6, 6.07) is 23.7. The average molecular weight is 400 g/mol. The maximum absolute atomic E-state index is 12.1. The number of para-hydroxylation sites is 1. The Balaban J connectivity index is 1.63. The fourth-order valence-corrected chi connectivity index (χ4v) is 3.58. The van der Waals surface area contributed by atoms with Crippen molar-refractivity contribution in [3.05, 3.63) is 84.2 Å². The highest BCUT2D eigenvalue weighted by Gasteiger charge is 2.14. The molecule has 0 fully saturated rings. The van der Waals surface area contributed by atoms with E-state index < -0.39 is 0 Å². The molecule has 1 heterocycles. The summed E-state index contributed by atoms with van der Waals surface area (Å²) in [6.45, 7) is 5.31. The van der Waals surface area contributed by atoms with Crippen LogP contribution < -0.4 is 4.74 Å². The first-order chi connectivity index (χ1) is 14.7. The van der Waals surface area contributed by atoms with Crippen molar-refractivity contribution >= 4 is 17.0 Å². The number of benzene rings is 3. The largest absolute Gasteiger partial charge is 0.485 e. The van der Waals surface area contributed by atoms with E-state index in [1.165, 1.54) is 0 Å². The molecule has 4 rings (SSSR count). The highest BCUT2D eigenvalue weighted by molar-refractivity contribution is 5.93. The number of carbonyl (C=O) groups is 1. The number of aryl methyl sites for hydroxylation is 1. The van der Waals surface area contributed by atoms with Crippen LogP contribution in [-0.2, 0) is 17.9 Å². The molecule has 4 aromatic rings. The Morgan fingerprint density at radius 2 is 1.73 bits per heavy atom. The van der Waals surface area contributed by atoms with Crippen molar-refractivity contribution in [1.29, 1.82) is 0 Å². The van der Waals surface area contributed by atoms with Gasteiger partial charge in [-0.2, -0.15) is 0 Å². The van der Waals surface area contributed by atoms with Crippen molar-refractivity contribution in [1.82, 2.24) is 9.55 Å². The van der Waals surface area contributed by atoms with Gasteiger partial charge in [0, 0.05) is 12.1 Å². The molecule has 0 radical (unpaired) electrons. The molecule has 1 aromatic heterocycles. The lowest BCUT2D eigenvalue weighted by Crippen LogP contribution is -2.06. The molecule has 5 nitrogen and oxygen atoms in total. The Bertz CT molecular complexity index is 1170. The van der Waals surface area contributed by atoms with Gasteiger partial charge in [-0.05, 0) is 43.7 Å². The van der Waals surface area contributed by atoms with Gasteiger partial charge in [0.2, 0.25) is 0 Å². The first kappa shape index (κ1) is 19.7. The lowest BCUT2D eigenvalue weighted by molar-refractivity contribution is 0.0526. The number of nitrogens with zero attached hydrogens (tertiary/aromatic N) is 2. The minimum Gasteiger partial charge on any atom is -0.485 e. The van der Waals surface area contributed by atoms with Crippen LogP contribution in [0.4, 0.5) is 0 Å². The fourth-order valence-electron chi connectivity index (χ4n) is 3.58. The molecular weight excluding hydrogens is 376 g/mol. The lowest BCUT2D eigenvalue weighted by atomic mass is 10.1. The maximum atomic E-state index is 12.1. The predicted octanol–water partition coefficient (Wildman–Crippen LogP) is 5.48. The number of aromatic nitrogens is 2. The van der Waals surface area contributed by atoms with Crippen LogP contribution in [0.25, 0.3) is 22.2 Å². The topological polar surface area (TPSA) is 53.4 Å². The summed E-state index contributed by atoms with van der Waals surface area (Å²) in [5, 5.41) is 0. The van der Waals surface area contributed by atoms with Crippen molar-refractivity contribution in [2.75, 3.05) is 6.61 Å². The summed E-state index contributed by atoms with van der Waals surface area (Å²) >= 11 is 0. The molecule has 0 aliphatic carbocycles. The molecule has 0 bridgehead atoms. The van der Waals surface area contributed by atoms with Crippen LogP contribution in [0.5, 0.6) is 5.75 Å². The van der Waals surface area contributed by atoms with Gasteiger partial charge in [0.25, 0.3) is 0 Å². The Kier molecular flexibility index (Phi) is 5.80. The molecule has 0 aliphatic rings. The van der Waals surface area contributed by atoms with Gasteiger partial charge in [0.1, 0.15) is 18.2 Å². The molecule has 0 spiro atoms. The third-order valence-electron chi connectivity index (χ3n) is 4.98. The molecule has 0 aliphatic heterocycles. The summed E-state index contributed by atoms with van der Waals surface area (Å²) < 4.78 is 13.4. The smallest absolute Gasteiger partial charge is 0.338 e. The van der Waals surface area contributed by atoms with Crippen LogP contribution in [-0.4, -0.2) is 22.1 Å². The Morgan fingerprint density at radius 1 is 0.967 bits per heavy atom. The van der Waals surface area contributed by atoms with Crippen LogP contribution in [0.15, 0.2) is 72.8 Å². The molecule has 0 saturated carbocycles. The molecule has 3 aromatic carbocycles. The van der Waals surface area contributed by atoms with E-state index in [4.69, 9.17) is 14.5 Å². The van der Waals surface area contributed by atoms with Crippen molar-refractivity contribution in [3.63, 3.8) is 0 Å². The lowest BCUT2D eigenvalue weighted by Gasteiger charge is -2.12. The average Bonchev–Trinajstić information content (AvgIpc) is 3.15. The standard InChI is InChI=1S/C25H24N2O3/c1-3-27-22-15-14-19(25(28)29-4-2)16-21(22)26-24(27)17-30-23-13-9-8-12-20(23)18-10-6-5-7-11-18/h5-16H,3-4,17H2,1-2H3. The number of hydrogen-bond donors (Lipinski definition) is 0. The van der Waals surface area contributed by atoms with Gasteiger partial charge in [0.05, 0.1) is 23.2 Å². The van der Waals surface area contributed by atoms with Gasteiger partial charge in [-0.15, -0.1) is 0 Å². The highest BCUT2D eigenvalue weighted by atomic mass is 16.5. The van der Waals surface area contributed by atoms with Gasteiger partial charge in [-0.1, -0.05) is 48.5 Å². The number of esters is 1. The minimum absolute atomic E-state index is 0.333. The van der Waals surface area contributed by atoms with Gasteiger partial charge in [0.15, 0.2) is 0 Å². The van der Waals surface area contributed by atoms with Crippen LogP contribution in [0.2, 0.25) is 0 Å². The molecular formula is C25H24N2O3. The third kappa shape index (κ3) is 3.92. The summed E-state index contributed by atoms with van der Waals surface area (Å²) in [4.78, 5) is 16.8. The maximum Gasteiger partial charge on any atom is 0.338 e. The molecule has 0 amide bonds. The zero-order chi connectivity index (χ0) is 20.9. The van der Waals surface area contributed by atoms with Gasteiger partial charge in [-0.25, -0.2) is 9.78 Å². The van der Waals surface area contributed by atoms with Crippen LogP contribution in [0.1, 0.15) is 30.0 Å². The molecule has 5 heteroatoms. The Morgan fingerprint density at radius 3 is 2.50 bits per heavy atom. The normalized spacial score (nSPS) is 10.9. The number of fused-ring (bicyclic) bond motifs is 1. The van der Waals surface area contributed by atoms with E-state index >= 15 is 0 Å². The van der Waals surface area contributed by atoms with E-state index in [0.29, 0.717) is 18.8 Å². The second-order valence-electron chi connectivity index (χ2n) is 6.85. The van der Waals surface area contributed by atoms with Gasteiger partial charge >= 0.3 is 5.97 Å². The summed E-state index contributed by atoms with van der Waals surface area (Å²) in [5.41, 5.74) is 4.39. The number of rotatable bonds is 7. The molecule has 0 atom stereocenters. The quantitative estimate of drug-likeness (QED) is 0.386. The van der Waals surface area contributed by atoms with E-state index in [0.717, 1.165) is 40.3 Å². The molecule has 0 saturated heterocycles. The number of ether oxygens (including phenoxy) is 2.